The van der Waals surface area contributed by atoms with Crippen LogP contribution in [0.15, 0.2) is 29.4 Å². The Labute approximate surface area is 146 Å². The highest BCUT2D eigenvalue weighted by Crippen LogP contribution is 2.54. The summed E-state index contributed by atoms with van der Waals surface area (Å²) in [5.41, 5.74) is -1.63. The minimum Gasteiger partial charge on any atom is -0.481 e. The van der Waals surface area contributed by atoms with Crippen LogP contribution in [0.1, 0.15) is 23.6 Å². The fraction of sp³-hybridized carbons (Fsp3) is 0.312. The van der Waals surface area contributed by atoms with Crippen molar-refractivity contribution in [3.05, 3.63) is 35.4 Å². The van der Waals surface area contributed by atoms with Gasteiger partial charge >= 0.3 is 23.9 Å². The van der Waals surface area contributed by atoms with Crippen molar-refractivity contribution < 1.29 is 39.6 Å². The van der Waals surface area contributed by atoms with Crippen LogP contribution in [0, 0.1) is 11.8 Å². The summed E-state index contributed by atoms with van der Waals surface area (Å²) in [6.45, 7) is 0. The fourth-order valence-electron chi connectivity index (χ4n) is 3.91. The molecule has 4 atom stereocenters. The molecule has 2 aliphatic rings. The Balaban J connectivity index is 2.32. The quantitative estimate of drug-likeness (QED) is 0.568. The van der Waals surface area contributed by atoms with Gasteiger partial charge in [0.25, 0.3) is 0 Å². The van der Waals surface area contributed by atoms with Crippen LogP contribution in [-0.2, 0) is 19.2 Å². The lowest BCUT2D eigenvalue weighted by molar-refractivity contribution is -0.167. The molecule has 1 fully saturated rings. The van der Waals surface area contributed by atoms with Crippen molar-refractivity contribution in [1.29, 1.82) is 0 Å². The first-order valence-electron chi connectivity index (χ1n) is 7.55. The molecule has 1 aromatic carbocycles. The van der Waals surface area contributed by atoms with Crippen molar-refractivity contribution in [2.24, 2.45) is 16.9 Å². The number of carboxylic acid groups (broad SMARTS) is 4. The van der Waals surface area contributed by atoms with Crippen molar-refractivity contribution in [3.8, 4) is 0 Å². The van der Waals surface area contributed by atoms with Crippen molar-refractivity contribution in [2.45, 2.75) is 18.0 Å². The summed E-state index contributed by atoms with van der Waals surface area (Å²) < 4.78 is 0. The zero-order valence-electron chi connectivity index (χ0n) is 13.1. The van der Waals surface area contributed by atoms with Gasteiger partial charge in [0.2, 0.25) is 0 Å². The van der Waals surface area contributed by atoms with Crippen molar-refractivity contribution in [1.82, 2.24) is 5.01 Å². The molecule has 136 valence electrons. The second kappa shape index (κ2) is 5.83. The third-order valence-corrected chi connectivity index (χ3v) is 4.86. The predicted molar refractivity (Wildman–Crippen MR) is 83.5 cm³/mol. The average Bonchev–Trinajstić information content (AvgIpc) is 2.86. The number of carboxylic acids is 4. The average molecular weight is 362 g/mol. The summed E-state index contributed by atoms with van der Waals surface area (Å²) >= 11 is 0. The Morgan fingerprint density at radius 3 is 2.23 bits per heavy atom. The first-order valence-corrected chi connectivity index (χ1v) is 7.55. The van der Waals surface area contributed by atoms with E-state index in [1.54, 1.807) is 24.3 Å². The van der Waals surface area contributed by atoms with Gasteiger partial charge in [0.1, 0.15) is 5.92 Å². The second-order valence-electron chi connectivity index (χ2n) is 6.14. The molecule has 3 rings (SSSR count). The van der Waals surface area contributed by atoms with Crippen LogP contribution < -0.4 is 0 Å². The molecule has 0 aliphatic carbocycles. The van der Waals surface area contributed by atoms with E-state index in [9.17, 15) is 39.6 Å². The topological polar surface area (TPSA) is 165 Å². The summed E-state index contributed by atoms with van der Waals surface area (Å²) in [5, 5.41) is 43.1. The van der Waals surface area contributed by atoms with Gasteiger partial charge < -0.3 is 20.4 Å². The van der Waals surface area contributed by atoms with E-state index < -0.39 is 53.7 Å². The van der Waals surface area contributed by atoms with Gasteiger partial charge in [0, 0.05) is 0 Å². The Morgan fingerprint density at radius 1 is 1.04 bits per heavy atom. The Kier molecular flexibility index (Phi) is 3.90. The lowest BCUT2D eigenvalue weighted by Crippen LogP contribution is -2.57. The maximum atomic E-state index is 12.1. The van der Waals surface area contributed by atoms with Crippen LogP contribution in [0.4, 0.5) is 0 Å². The fourth-order valence-corrected chi connectivity index (χ4v) is 3.91. The SMILES string of the molecule is O=C(O)CC1(C(=O)O)C(C(=O)O)C(C(=O)O)C2c3ccccc3C=NN21. The molecule has 26 heavy (non-hydrogen) atoms. The van der Waals surface area contributed by atoms with Gasteiger partial charge in [-0.25, -0.2) is 4.79 Å². The van der Waals surface area contributed by atoms with Crippen LogP contribution in [0.3, 0.4) is 0 Å². The molecule has 0 radical (unpaired) electrons. The van der Waals surface area contributed by atoms with Gasteiger partial charge in [-0.15, -0.1) is 0 Å². The minimum absolute atomic E-state index is 0.384. The van der Waals surface area contributed by atoms with Crippen molar-refractivity contribution >= 4 is 30.1 Å². The van der Waals surface area contributed by atoms with E-state index in [1.165, 1.54) is 6.21 Å². The minimum atomic E-state index is -2.53. The van der Waals surface area contributed by atoms with E-state index in [-0.39, 0.29) is 0 Å². The van der Waals surface area contributed by atoms with E-state index in [0.717, 1.165) is 5.01 Å². The zero-order valence-corrected chi connectivity index (χ0v) is 13.1. The van der Waals surface area contributed by atoms with E-state index in [1.807, 2.05) is 0 Å². The van der Waals surface area contributed by atoms with Crippen LogP contribution >= 0.6 is 0 Å². The van der Waals surface area contributed by atoms with Crippen LogP contribution in [0.25, 0.3) is 0 Å². The van der Waals surface area contributed by atoms with Gasteiger partial charge in [-0.3, -0.25) is 19.4 Å². The number of hydrogen-bond acceptors (Lipinski definition) is 6. The predicted octanol–water partition coefficient (Wildman–Crippen LogP) is 0.0905. The van der Waals surface area contributed by atoms with Crippen molar-refractivity contribution in [2.75, 3.05) is 0 Å². The first kappa shape index (κ1) is 17.4. The lowest BCUT2D eigenvalue weighted by atomic mass is 9.76. The maximum absolute atomic E-state index is 12.1. The summed E-state index contributed by atoms with van der Waals surface area (Å²) in [4.78, 5) is 47.2. The number of nitrogens with zero attached hydrogens (tertiary/aromatic N) is 2. The van der Waals surface area contributed by atoms with E-state index in [2.05, 4.69) is 5.10 Å². The third-order valence-electron chi connectivity index (χ3n) is 4.86. The molecule has 10 heteroatoms. The molecule has 1 aromatic rings. The Hall–Kier alpha value is -3.43. The maximum Gasteiger partial charge on any atom is 0.332 e. The summed E-state index contributed by atoms with van der Waals surface area (Å²) in [7, 11) is 0. The highest BCUT2D eigenvalue weighted by molar-refractivity contribution is 5.96. The highest BCUT2D eigenvalue weighted by atomic mass is 16.4. The smallest absolute Gasteiger partial charge is 0.332 e. The Bertz CT molecular complexity index is 850. The van der Waals surface area contributed by atoms with Crippen molar-refractivity contribution in [3.63, 3.8) is 0 Å². The number of rotatable bonds is 5. The number of hydrogen-bond donors (Lipinski definition) is 4. The molecular formula is C16H14N2O8. The van der Waals surface area contributed by atoms with Crippen LogP contribution in [0.2, 0.25) is 0 Å². The first-order chi connectivity index (χ1) is 12.2. The molecule has 2 heterocycles. The van der Waals surface area contributed by atoms with Gasteiger partial charge in [-0.05, 0) is 11.1 Å². The van der Waals surface area contributed by atoms with Gasteiger partial charge in [-0.2, -0.15) is 5.10 Å². The molecule has 4 N–H and O–H groups in total. The van der Waals surface area contributed by atoms with Gasteiger partial charge in [-0.1, -0.05) is 24.3 Å². The van der Waals surface area contributed by atoms with Gasteiger partial charge in [0.05, 0.1) is 24.6 Å². The molecule has 0 bridgehead atoms. The summed E-state index contributed by atoms with van der Waals surface area (Å²) in [6, 6.07) is 5.23. The second-order valence-corrected chi connectivity index (χ2v) is 6.14. The largest absolute Gasteiger partial charge is 0.481 e. The Morgan fingerprint density at radius 2 is 1.69 bits per heavy atom. The van der Waals surface area contributed by atoms with E-state index in [0.29, 0.717) is 11.1 Å². The molecule has 2 aliphatic heterocycles. The summed E-state index contributed by atoms with van der Waals surface area (Å²) in [6.07, 6.45) is 0.160. The van der Waals surface area contributed by atoms with Gasteiger partial charge in [0.15, 0.2) is 5.54 Å². The number of aliphatic carboxylic acids is 4. The summed E-state index contributed by atoms with van der Waals surface area (Å²) in [5.74, 6) is -10.3. The molecule has 10 nitrogen and oxygen atoms in total. The molecule has 0 saturated carbocycles. The van der Waals surface area contributed by atoms with E-state index >= 15 is 0 Å². The number of fused-ring (bicyclic) bond motifs is 3. The van der Waals surface area contributed by atoms with E-state index in [4.69, 9.17) is 0 Å². The number of benzene rings is 1. The third kappa shape index (κ3) is 2.22. The standard InChI is InChI=1S/C16H14N2O8/c19-9(20)5-16(15(25)26)11(14(23)24)10(13(21)22)12-8-4-2-1-3-7(8)6-17-18(12)16/h1-4,6,10-12H,5H2,(H,19,20)(H,21,22)(H,23,24)(H,25,26). The molecule has 4 unspecified atom stereocenters. The highest BCUT2D eigenvalue weighted by Gasteiger charge is 2.70. The molecule has 1 saturated heterocycles. The molecule has 0 amide bonds. The van der Waals surface area contributed by atoms with Crippen LogP contribution in [-0.4, -0.2) is 61.1 Å². The zero-order chi connectivity index (χ0) is 19.2. The molecule has 0 aromatic heterocycles. The number of carbonyl (C=O) groups is 4. The molecular weight excluding hydrogens is 348 g/mol. The number of hydrazone groups is 1. The lowest BCUT2D eigenvalue weighted by Gasteiger charge is -2.38. The van der Waals surface area contributed by atoms with Crippen LogP contribution in [0.5, 0.6) is 0 Å². The molecule has 0 spiro atoms. The normalized spacial score (nSPS) is 28.9. The monoisotopic (exact) mass is 362 g/mol.